The van der Waals surface area contributed by atoms with Crippen molar-refractivity contribution >= 4 is 11.0 Å². The summed E-state index contributed by atoms with van der Waals surface area (Å²) in [6.07, 6.45) is 1.62. The summed E-state index contributed by atoms with van der Waals surface area (Å²) < 4.78 is 20.0. The highest BCUT2D eigenvalue weighted by atomic mass is 19.1. The fourth-order valence-corrected chi connectivity index (χ4v) is 2.72. The van der Waals surface area contributed by atoms with Crippen LogP contribution in [-0.4, -0.2) is 14.5 Å². The number of halogens is 1. The van der Waals surface area contributed by atoms with Crippen LogP contribution in [0, 0.1) is 12.7 Å². The number of benzene rings is 1. The van der Waals surface area contributed by atoms with Gasteiger partial charge < -0.3 is 4.74 Å². The van der Waals surface area contributed by atoms with Gasteiger partial charge in [-0.3, -0.25) is 14.3 Å². The van der Waals surface area contributed by atoms with Gasteiger partial charge in [-0.15, -0.1) is 0 Å². The van der Waals surface area contributed by atoms with Crippen molar-refractivity contribution in [2.45, 2.75) is 13.5 Å². The van der Waals surface area contributed by atoms with Gasteiger partial charge in [0.05, 0.1) is 11.0 Å². The minimum Gasteiger partial charge on any atom is -0.489 e. The van der Waals surface area contributed by atoms with Crippen molar-refractivity contribution < 1.29 is 9.13 Å². The van der Waals surface area contributed by atoms with E-state index in [1.165, 1.54) is 22.8 Å². The van der Waals surface area contributed by atoms with Crippen LogP contribution in [0.1, 0.15) is 11.3 Å². The maximum atomic E-state index is 12.9. The Kier molecular flexibility index (Phi) is 4.38. The number of hydrogen-bond donors (Lipinski definition) is 0. The molecule has 4 aromatic rings. The molecular formula is C21H16FN3O2. The van der Waals surface area contributed by atoms with Gasteiger partial charge >= 0.3 is 0 Å². The molecule has 0 spiro atoms. The first-order valence-electron chi connectivity index (χ1n) is 8.43. The Hall–Kier alpha value is -3.54. The number of rotatable bonds is 4. The van der Waals surface area contributed by atoms with Crippen LogP contribution in [-0.2, 0) is 6.61 Å². The van der Waals surface area contributed by atoms with E-state index in [0.29, 0.717) is 11.6 Å². The predicted molar refractivity (Wildman–Crippen MR) is 101 cm³/mol. The Labute approximate surface area is 154 Å². The summed E-state index contributed by atoms with van der Waals surface area (Å²) in [5.74, 6) is 0.663. The van der Waals surface area contributed by atoms with E-state index in [9.17, 15) is 9.18 Å². The molecule has 0 N–H and O–H groups in total. The number of aromatic nitrogens is 3. The zero-order chi connectivity index (χ0) is 18.8. The van der Waals surface area contributed by atoms with Crippen LogP contribution < -0.4 is 10.3 Å². The summed E-state index contributed by atoms with van der Waals surface area (Å²) in [5, 5.41) is 0. The second-order valence-electron chi connectivity index (χ2n) is 6.15. The summed E-state index contributed by atoms with van der Waals surface area (Å²) >= 11 is 0. The zero-order valence-electron chi connectivity index (χ0n) is 14.6. The second-order valence-corrected chi connectivity index (χ2v) is 6.15. The van der Waals surface area contributed by atoms with E-state index in [-0.39, 0.29) is 18.0 Å². The minimum absolute atomic E-state index is 0.251. The Balaban J connectivity index is 1.57. The van der Waals surface area contributed by atoms with Crippen molar-refractivity contribution in [1.82, 2.24) is 14.5 Å². The first-order chi connectivity index (χ1) is 13.1. The second kappa shape index (κ2) is 6.99. The molecule has 27 heavy (non-hydrogen) atoms. The van der Waals surface area contributed by atoms with Crippen LogP contribution in [0.2, 0.25) is 0 Å². The van der Waals surface area contributed by atoms with Crippen molar-refractivity contribution in [2.24, 2.45) is 0 Å². The monoisotopic (exact) mass is 361 g/mol. The zero-order valence-corrected chi connectivity index (χ0v) is 14.6. The van der Waals surface area contributed by atoms with Gasteiger partial charge in [-0.05, 0) is 55.0 Å². The number of pyridine rings is 3. The minimum atomic E-state index is -0.297. The average molecular weight is 361 g/mol. The van der Waals surface area contributed by atoms with Crippen LogP contribution in [0.3, 0.4) is 0 Å². The number of fused-ring (bicyclic) bond motifs is 1. The number of hydrogen-bond acceptors (Lipinski definition) is 4. The topological polar surface area (TPSA) is 57.0 Å². The van der Waals surface area contributed by atoms with Crippen molar-refractivity contribution in [1.29, 1.82) is 0 Å². The van der Waals surface area contributed by atoms with Crippen LogP contribution in [0.5, 0.6) is 5.75 Å². The lowest BCUT2D eigenvalue weighted by atomic mass is 10.2. The SMILES string of the molecule is Cc1ccc2nc(-n3ccc(OCc4ccc(F)cc4)cc3=O)ccc2n1. The average Bonchev–Trinajstić information content (AvgIpc) is 2.67. The third-order valence-electron chi connectivity index (χ3n) is 4.12. The molecule has 0 bridgehead atoms. The molecule has 0 aliphatic carbocycles. The molecule has 5 nitrogen and oxygen atoms in total. The quantitative estimate of drug-likeness (QED) is 0.555. The van der Waals surface area contributed by atoms with Crippen LogP contribution in [0.4, 0.5) is 4.39 Å². The van der Waals surface area contributed by atoms with Gasteiger partial charge in [0.1, 0.15) is 24.0 Å². The number of aryl methyl sites for hydroxylation is 1. The normalized spacial score (nSPS) is 10.9. The van der Waals surface area contributed by atoms with Gasteiger partial charge in [-0.1, -0.05) is 12.1 Å². The Morgan fingerprint density at radius 3 is 2.48 bits per heavy atom. The number of ether oxygens (including phenoxy) is 1. The lowest BCUT2D eigenvalue weighted by Crippen LogP contribution is -2.17. The highest BCUT2D eigenvalue weighted by molar-refractivity contribution is 5.75. The first-order valence-corrected chi connectivity index (χ1v) is 8.43. The van der Waals surface area contributed by atoms with Gasteiger partial charge in [-0.2, -0.15) is 0 Å². The molecule has 3 heterocycles. The molecule has 0 aliphatic rings. The largest absolute Gasteiger partial charge is 0.489 e. The maximum absolute atomic E-state index is 12.9. The Morgan fingerprint density at radius 1 is 0.963 bits per heavy atom. The van der Waals surface area contributed by atoms with Crippen LogP contribution >= 0.6 is 0 Å². The third-order valence-corrected chi connectivity index (χ3v) is 4.12. The summed E-state index contributed by atoms with van der Waals surface area (Å²) in [5.41, 5.74) is 2.99. The van der Waals surface area contributed by atoms with E-state index in [4.69, 9.17) is 4.74 Å². The molecule has 0 fully saturated rings. The molecule has 0 saturated carbocycles. The molecule has 0 unspecified atom stereocenters. The van der Waals surface area contributed by atoms with Gasteiger partial charge in [0, 0.05) is 18.0 Å². The van der Waals surface area contributed by atoms with E-state index in [0.717, 1.165) is 22.3 Å². The van der Waals surface area contributed by atoms with E-state index in [1.54, 1.807) is 30.5 Å². The smallest absolute Gasteiger partial charge is 0.259 e. The van der Waals surface area contributed by atoms with E-state index in [2.05, 4.69) is 9.97 Å². The third kappa shape index (κ3) is 3.69. The van der Waals surface area contributed by atoms with Gasteiger partial charge in [0.25, 0.3) is 5.56 Å². The Morgan fingerprint density at radius 2 is 1.70 bits per heavy atom. The molecule has 1 aromatic carbocycles. The number of nitrogens with zero attached hydrogens (tertiary/aromatic N) is 3. The highest BCUT2D eigenvalue weighted by Gasteiger charge is 2.06. The van der Waals surface area contributed by atoms with Crippen LogP contribution in [0.15, 0.2) is 71.7 Å². The fraction of sp³-hybridized carbons (Fsp3) is 0.0952. The standard InChI is InChI=1S/C21H16FN3O2/c1-14-2-7-19-18(23-14)8-9-20(24-19)25-11-10-17(12-21(25)26)27-13-15-3-5-16(22)6-4-15/h2-12H,13H2,1H3. The lowest BCUT2D eigenvalue weighted by Gasteiger charge is -2.09. The fourth-order valence-electron chi connectivity index (χ4n) is 2.72. The summed E-state index contributed by atoms with van der Waals surface area (Å²) in [6.45, 7) is 2.17. The van der Waals surface area contributed by atoms with E-state index >= 15 is 0 Å². The molecule has 3 aromatic heterocycles. The molecule has 0 radical (unpaired) electrons. The Bertz CT molecular complexity index is 1170. The summed E-state index contributed by atoms with van der Waals surface area (Å²) in [4.78, 5) is 21.4. The molecule has 134 valence electrons. The highest BCUT2D eigenvalue weighted by Crippen LogP contribution is 2.15. The molecule has 6 heteroatoms. The molecular weight excluding hydrogens is 345 g/mol. The van der Waals surface area contributed by atoms with Gasteiger partial charge in [0.15, 0.2) is 0 Å². The lowest BCUT2D eigenvalue weighted by molar-refractivity contribution is 0.305. The van der Waals surface area contributed by atoms with E-state index in [1.807, 2.05) is 25.1 Å². The predicted octanol–water partition coefficient (Wildman–Crippen LogP) is 3.81. The molecule has 0 aliphatic heterocycles. The molecule has 0 amide bonds. The first kappa shape index (κ1) is 16.9. The molecule has 0 atom stereocenters. The van der Waals surface area contributed by atoms with E-state index < -0.39 is 0 Å². The summed E-state index contributed by atoms with van der Waals surface area (Å²) in [6, 6.07) is 16.5. The van der Waals surface area contributed by atoms with Gasteiger partial charge in [-0.25, -0.2) is 9.37 Å². The maximum Gasteiger partial charge on any atom is 0.259 e. The van der Waals surface area contributed by atoms with Gasteiger partial charge in [0.2, 0.25) is 0 Å². The van der Waals surface area contributed by atoms with Crippen molar-refractivity contribution in [3.8, 4) is 11.6 Å². The van der Waals surface area contributed by atoms with Crippen LogP contribution in [0.25, 0.3) is 16.9 Å². The van der Waals surface area contributed by atoms with Crippen molar-refractivity contribution in [2.75, 3.05) is 0 Å². The summed E-state index contributed by atoms with van der Waals surface area (Å²) in [7, 11) is 0. The molecule has 4 rings (SSSR count). The van der Waals surface area contributed by atoms with Crippen molar-refractivity contribution in [3.05, 3.63) is 94.3 Å². The van der Waals surface area contributed by atoms with Crippen molar-refractivity contribution in [3.63, 3.8) is 0 Å². The molecule has 0 saturated heterocycles.